The van der Waals surface area contributed by atoms with Crippen LogP contribution in [0, 0.1) is 5.41 Å². The molecular weight excluding hydrogens is 184 g/mol. The van der Waals surface area contributed by atoms with Gasteiger partial charge in [-0.05, 0) is 19.4 Å². The number of rotatable bonds is 4. The van der Waals surface area contributed by atoms with Crippen molar-refractivity contribution in [2.45, 2.75) is 19.8 Å². The van der Waals surface area contributed by atoms with Crippen LogP contribution in [0.1, 0.15) is 19.8 Å². The highest BCUT2D eigenvalue weighted by Gasteiger charge is 2.43. The van der Waals surface area contributed by atoms with Crippen LogP contribution >= 0.6 is 0 Å². The van der Waals surface area contributed by atoms with E-state index in [4.69, 9.17) is 10.8 Å². The number of carbonyl (C=O) groups excluding carboxylic acids is 1. The molecule has 1 aliphatic heterocycles. The number of amides is 1. The Hall–Kier alpha value is -1.10. The summed E-state index contributed by atoms with van der Waals surface area (Å²) in [6, 6.07) is 0. The smallest absolute Gasteiger partial charge is 0.310 e. The molecule has 1 rings (SSSR count). The molecule has 5 nitrogen and oxygen atoms in total. The Morgan fingerprint density at radius 2 is 2.21 bits per heavy atom. The summed E-state index contributed by atoms with van der Waals surface area (Å²) in [7, 11) is 0. The second-order valence-corrected chi connectivity index (χ2v) is 3.87. The summed E-state index contributed by atoms with van der Waals surface area (Å²) in [4.78, 5) is 23.5. The second kappa shape index (κ2) is 3.96. The van der Waals surface area contributed by atoms with Crippen LogP contribution in [0.4, 0.5) is 0 Å². The van der Waals surface area contributed by atoms with E-state index in [2.05, 4.69) is 0 Å². The van der Waals surface area contributed by atoms with Gasteiger partial charge < -0.3 is 10.8 Å². The molecule has 80 valence electrons. The normalized spacial score (nSPS) is 27.8. The number of aliphatic carboxylic acids is 1. The maximum Gasteiger partial charge on any atom is 0.310 e. The van der Waals surface area contributed by atoms with Crippen molar-refractivity contribution in [1.82, 2.24) is 4.90 Å². The molecule has 1 atom stereocenters. The number of primary amides is 1. The van der Waals surface area contributed by atoms with Gasteiger partial charge in [0, 0.05) is 6.54 Å². The molecule has 1 heterocycles. The van der Waals surface area contributed by atoms with Crippen molar-refractivity contribution in [3.63, 3.8) is 0 Å². The van der Waals surface area contributed by atoms with Gasteiger partial charge in [0.1, 0.15) is 0 Å². The van der Waals surface area contributed by atoms with Crippen LogP contribution in [0.5, 0.6) is 0 Å². The summed E-state index contributed by atoms with van der Waals surface area (Å²) < 4.78 is 0. The Balaban J connectivity index is 2.61. The molecule has 0 radical (unpaired) electrons. The minimum atomic E-state index is -0.771. The first kappa shape index (κ1) is 11.0. The first-order valence-corrected chi connectivity index (χ1v) is 4.74. The van der Waals surface area contributed by atoms with Crippen molar-refractivity contribution in [1.29, 1.82) is 0 Å². The van der Waals surface area contributed by atoms with E-state index >= 15 is 0 Å². The lowest BCUT2D eigenvalue weighted by atomic mass is 9.84. The first-order valence-electron chi connectivity index (χ1n) is 4.74. The number of likely N-dealkylation sites (tertiary alicyclic amines) is 1. The number of carboxylic acids is 1. The van der Waals surface area contributed by atoms with E-state index in [0.717, 1.165) is 0 Å². The first-order chi connectivity index (χ1) is 6.50. The zero-order valence-electron chi connectivity index (χ0n) is 8.32. The van der Waals surface area contributed by atoms with Crippen LogP contribution in [0.25, 0.3) is 0 Å². The summed E-state index contributed by atoms with van der Waals surface area (Å²) in [5.74, 6) is -1.17. The van der Waals surface area contributed by atoms with Crippen molar-refractivity contribution < 1.29 is 14.7 Å². The molecular formula is C9H16N2O3. The lowest BCUT2D eigenvalue weighted by Crippen LogP contribution is -2.37. The highest BCUT2D eigenvalue weighted by molar-refractivity contribution is 5.77. The summed E-state index contributed by atoms with van der Waals surface area (Å²) in [5, 5.41) is 9.07. The van der Waals surface area contributed by atoms with Crippen LogP contribution in [-0.2, 0) is 9.59 Å². The van der Waals surface area contributed by atoms with Gasteiger partial charge in [0.05, 0.1) is 12.0 Å². The maximum atomic E-state index is 11.0. The van der Waals surface area contributed by atoms with Gasteiger partial charge in [-0.2, -0.15) is 0 Å². The lowest BCUT2D eigenvalue weighted by Gasteiger charge is -2.22. The molecule has 0 aliphatic carbocycles. The standard InChI is InChI=1S/C9H16N2O3/c1-2-9(8(13)14)3-4-11(6-9)5-7(10)12/h2-6H2,1H3,(H2,10,12)(H,13,14). The maximum absolute atomic E-state index is 11.0. The average Bonchev–Trinajstić information content (AvgIpc) is 2.48. The summed E-state index contributed by atoms with van der Waals surface area (Å²) >= 11 is 0. The Morgan fingerprint density at radius 1 is 1.57 bits per heavy atom. The van der Waals surface area contributed by atoms with Gasteiger partial charge in [0.15, 0.2) is 0 Å². The zero-order valence-corrected chi connectivity index (χ0v) is 8.32. The van der Waals surface area contributed by atoms with E-state index in [0.29, 0.717) is 25.9 Å². The highest BCUT2D eigenvalue weighted by Crippen LogP contribution is 2.33. The fourth-order valence-corrected chi connectivity index (χ4v) is 1.93. The molecule has 0 bridgehead atoms. The molecule has 0 aromatic rings. The molecule has 14 heavy (non-hydrogen) atoms. The number of nitrogens with two attached hydrogens (primary N) is 1. The largest absolute Gasteiger partial charge is 0.481 e. The summed E-state index contributed by atoms with van der Waals surface area (Å²) in [6.45, 7) is 3.10. The van der Waals surface area contributed by atoms with E-state index in [-0.39, 0.29) is 6.54 Å². The molecule has 1 saturated heterocycles. The summed E-state index contributed by atoms with van der Waals surface area (Å²) in [6.07, 6.45) is 1.20. The van der Waals surface area contributed by atoms with Crippen molar-refractivity contribution in [2.24, 2.45) is 11.1 Å². The van der Waals surface area contributed by atoms with Crippen molar-refractivity contribution in [3.8, 4) is 0 Å². The summed E-state index contributed by atoms with van der Waals surface area (Å²) in [5.41, 5.74) is 4.38. The topological polar surface area (TPSA) is 83.6 Å². The Morgan fingerprint density at radius 3 is 2.57 bits per heavy atom. The van der Waals surface area contributed by atoms with Crippen LogP contribution in [0.15, 0.2) is 0 Å². The van der Waals surface area contributed by atoms with Crippen molar-refractivity contribution >= 4 is 11.9 Å². The minimum Gasteiger partial charge on any atom is -0.481 e. The van der Waals surface area contributed by atoms with E-state index < -0.39 is 17.3 Å². The van der Waals surface area contributed by atoms with E-state index in [1.807, 2.05) is 6.92 Å². The van der Waals surface area contributed by atoms with Gasteiger partial charge in [-0.25, -0.2) is 0 Å². The predicted molar refractivity (Wildman–Crippen MR) is 50.6 cm³/mol. The molecule has 1 amide bonds. The highest BCUT2D eigenvalue weighted by atomic mass is 16.4. The minimum absolute atomic E-state index is 0.162. The molecule has 0 spiro atoms. The number of hydrogen-bond acceptors (Lipinski definition) is 3. The molecule has 5 heteroatoms. The molecule has 0 aromatic carbocycles. The second-order valence-electron chi connectivity index (χ2n) is 3.87. The van der Waals surface area contributed by atoms with E-state index in [9.17, 15) is 9.59 Å². The SMILES string of the molecule is CCC1(C(=O)O)CCN(CC(N)=O)C1. The quantitative estimate of drug-likeness (QED) is 0.650. The van der Waals surface area contributed by atoms with Gasteiger partial charge in [0.25, 0.3) is 0 Å². The molecule has 0 saturated carbocycles. The van der Waals surface area contributed by atoms with Crippen molar-refractivity contribution in [2.75, 3.05) is 19.6 Å². The molecule has 0 aromatic heterocycles. The van der Waals surface area contributed by atoms with Gasteiger partial charge in [-0.3, -0.25) is 14.5 Å². The zero-order chi connectivity index (χ0) is 10.8. The van der Waals surface area contributed by atoms with E-state index in [1.165, 1.54) is 0 Å². The fraction of sp³-hybridized carbons (Fsp3) is 0.778. The molecule has 1 aliphatic rings. The molecule has 1 fully saturated rings. The monoisotopic (exact) mass is 200 g/mol. The lowest BCUT2D eigenvalue weighted by molar-refractivity contribution is -0.148. The third-order valence-electron chi connectivity index (χ3n) is 2.94. The average molecular weight is 200 g/mol. The number of nitrogens with zero attached hydrogens (tertiary/aromatic N) is 1. The Labute approximate surface area is 82.9 Å². The number of carboxylic acid groups (broad SMARTS) is 1. The third kappa shape index (κ3) is 2.04. The van der Waals surface area contributed by atoms with Crippen LogP contribution in [0.2, 0.25) is 0 Å². The number of carbonyl (C=O) groups is 2. The van der Waals surface area contributed by atoms with Gasteiger partial charge in [-0.1, -0.05) is 6.92 Å². The van der Waals surface area contributed by atoms with Gasteiger partial charge in [0.2, 0.25) is 5.91 Å². The van der Waals surface area contributed by atoms with Crippen molar-refractivity contribution in [3.05, 3.63) is 0 Å². The Kier molecular flexibility index (Phi) is 3.10. The van der Waals surface area contributed by atoms with Crippen LogP contribution in [-0.4, -0.2) is 41.5 Å². The predicted octanol–water partition coefficient (Wildman–Crippen LogP) is -0.342. The van der Waals surface area contributed by atoms with Gasteiger partial charge in [-0.15, -0.1) is 0 Å². The van der Waals surface area contributed by atoms with E-state index in [1.54, 1.807) is 4.90 Å². The van der Waals surface area contributed by atoms with Gasteiger partial charge >= 0.3 is 5.97 Å². The molecule has 1 unspecified atom stereocenters. The number of hydrogen-bond donors (Lipinski definition) is 2. The Bertz CT molecular complexity index is 254. The van der Waals surface area contributed by atoms with Crippen LogP contribution < -0.4 is 5.73 Å². The molecule has 3 N–H and O–H groups in total. The third-order valence-corrected chi connectivity index (χ3v) is 2.94. The fourth-order valence-electron chi connectivity index (χ4n) is 1.93. The van der Waals surface area contributed by atoms with Crippen LogP contribution in [0.3, 0.4) is 0 Å².